The molecule has 0 radical (unpaired) electrons. The Kier molecular flexibility index (Phi) is 43.2. The van der Waals surface area contributed by atoms with Gasteiger partial charge in [0.15, 0.2) is 23.1 Å². The van der Waals surface area contributed by atoms with Gasteiger partial charge in [-0.3, -0.25) is 19.2 Å². The van der Waals surface area contributed by atoms with E-state index in [1.54, 1.807) is 166 Å². The molecular formula is C56H100O20Ti. The molecule has 77 heavy (non-hydrogen) atoms. The van der Waals surface area contributed by atoms with Crippen molar-refractivity contribution in [3.63, 3.8) is 0 Å². The van der Waals surface area contributed by atoms with E-state index in [-0.39, 0.29) is 122 Å². The molecule has 0 bridgehead atoms. The minimum atomic E-state index is -1.55. The van der Waals surface area contributed by atoms with Gasteiger partial charge in [-0.25, -0.2) is 0 Å². The van der Waals surface area contributed by atoms with Crippen LogP contribution in [0.5, 0.6) is 0 Å². The third kappa shape index (κ3) is 26.9. The number of aliphatic carboxylic acids is 4. The second kappa shape index (κ2) is 40.2. The molecule has 0 aliphatic rings. The van der Waals surface area contributed by atoms with Gasteiger partial charge < -0.3 is 77.5 Å². The summed E-state index contributed by atoms with van der Waals surface area (Å²) < 4.78 is 43.4. The number of hydrogen-bond acceptors (Lipinski definition) is 20. The number of ketones is 4. The van der Waals surface area contributed by atoms with Gasteiger partial charge in [-0.2, -0.15) is 0 Å². The average molecular weight is 1140 g/mol. The van der Waals surface area contributed by atoms with Gasteiger partial charge >= 0.3 is 21.7 Å². The van der Waals surface area contributed by atoms with E-state index in [4.69, 9.17) is 37.9 Å². The van der Waals surface area contributed by atoms with E-state index in [0.717, 1.165) is 0 Å². The Hall–Kier alpha value is -3.05. The number of Topliss-reactive ketones (excluding diaryl/α,β-unsaturated/α-hetero) is 4. The van der Waals surface area contributed by atoms with Gasteiger partial charge in [0.1, 0.15) is 0 Å². The monoisotopic (exact) mass is 1140 g/mol. The molecule has 0 atom stereocenters. The first kappa shape index (κ1) is 82.8. The van der Waals surface area contributed by atoms with E-state index in [0.29, 0.717) is 0 Å². The zero-order valence-corrected chi connectivity index (χ0v) is 52.8. The molecule has 20 nitrogen and oxygen atoms in total. The molecule has 0 aromatic heterocycles. The van der Waals surface area contributed by atoms with Gasteiger partial charge in [-0.1, -0.05) is 55.4 Å². The number of rotatable bonds is 36. The zero-order chi connectivity index (χ0) is 60.9. The number of hydrogen-bond donors (Lipinski definition) is 0. The fourth-order valence-corrected chi connectivity index (χ4v) is 7.45. The molecule has 448 valence electrons. The van der Waals surface area contributed by atoms with E-state index < -0.39 is 93.8 Å². The van der Waals surface area contributed by atoms with Crippen molar-refractivity contribution in [3.8, 4) is 0 Å². The predicted octanol–water partition coefficient (Wildman–Crippen LogP) is 5.15. The molecule has 0 saturated heterocycles. The van der Waals surface area contributed by atoms with Gasteiger partial charge in [0.05, 0.1) is 94.4 Å². The largest absolute Gasteiger partial charge is 4.00 e. The Morgan fingerprint density at radius 2 is 0.351 bits per heavy atom. The van der Waals surface area contributed by atoms with Crippen LogP contribution in [0.4, 0.5) is 0 Å². The molecule has 0 rings (SSSR count). The Labute approximate surface area is 476 Å². The van der Waals surface area contributed by atoms with Crippen LogP contribution >= 0.6 is 0 Å². The minimum Gasteiger partial charge on any atom is -0.549 e. The second-order valence-corrected chi connectivity index (χ2v) is 20.6. The molecule has 0 unspecified atom stereocenters. The Balaban J connectivity index is -0.000000298. The van der Waals surface area contributed by atoms with Crippen molar-refractivity contribution in [3.05, 3.63) is 0 Å². The Bertz CT molecular complexity index is 1440. The van der Waals surface area contributed by atoms with Crippen molar-refractivity contribution in [2.45, 2.75) is 292 Å². The average Bonchev–Trinajstić information content (AvgIpc) is 3.29. The third-order valence-electron chi connectivity index (χ3n) is 12.3. The summed E-state index contributed by atoms with van der Waals surface area (Å²) in [6, 6.07) is 0. The van der Waals surface area contributed by atoms with Crippen LogP contribution in [0.1, 0.15) is 218 Å². The molecular weight excluding hydrogens is 1040 g/mol. The number of carboxylic acids is 4. The Morgan fingerprint density at radius 3 is 0.403 bits per heavy atom. The summed E-state index contributed by atoms with van der Waals surface area (Å²) in [4.78, 5) is 95.3. The maximum absolute atomic E-state index is 12.5. The maximum Gasteiger partial charge on any atom is 4.00 e. The first-order chi connectivity index (χ1) is 34.8. The van der Waals surface area contributed by atoms with Gasteiger partial charge in [0.2, 0.25) is 25.2 Å². The van der Waals surface area contributed by atoms with Crippen molar-refractivity contribution < 1.29 is 118 Å². The van der Waals surface area contributed by atoms with Crippen molar-refractivity contribution >= 4 is 47.0 Å². The van der Waals surface area contributed by atoms with Crippen LogP contribution in [0, 0.1) is 21.7 Å². The van der Waals surface area contributed by atoms with Crippen LogP contribution in [-0.2, 0) is 98.0 Å². The van der Waals surface area contributed by atoms with E-state index in [1.807, 2.05) is 0 Å². The molecule has 0 aromatic carbocycles. The van der Waals surface area contributed by atoms with E-state index >= 15 is 0 Å². The van der Waals surface area contributed by atoms with Crippen molar-refractivity contribution in [1.82, 2.24) is 0 Å². The molecule has 0 N–H and O–H groups in total. The van der Waals surface area contributed by atoms with Crippen LogP contribution in [-0.4, -0.2) is 121 Å². The quantitative estimate of drug-likeness (QED) is 0.0445. The van der Waals surface area contributed by atoms with Crippen molar-refractivity contribution in [2.24, 2.45) is 21.7 Å². The van der Waals surface area contributed by atoms with Crippen molar-refractivity contribution in [1.29, 1.82) is 0 Å². The number of ether oxygens (including phenoxy) is 8. The van der Waals surface area contributed by atoms with Crippen LogP contribution in [0.2, 0.25) is 0 Å². The molecule has 0 spiro atoms. The normalized spacial score (nSPS) is 12.3. The molecule has 0 aliphatic heterocycles. The smallest absolute Gasteiger partial charge is 0.549 e. The SMILES string of the molecule is CCC(CC)(C(=O)[O-])C(=O)C(OC(C)C)OC(C)C.CCC(CC)(C(=O)[O-])C(=O)C(OC(C)C)OC(C)C.CCC(CC)(C(=O)[O-])C(=O)C(OC(C)C)OC(C)C.CCC(CC)(C(=O)[O-])C(=O)C(OC(C)C)OC(C)C.[Ti+4]. The summed E-state index contributed by atoms with van der Waals surface area (Å²) in [5.74, 6) is -7.75. The van der Waals surface area contributed by atoms with Crippen LogP contribution in [0.15, 0.2) is 0 Å². The van der Waals surface area contributed by atoms with E-state index in [1.165, 1.54) is 0 Å². The van der Waals surface area contributed by atoms with Crippen LogP contribution < -0.4 is 20.4 Å². The molecule has 0 aliphatic carbocycles. The molecule has 0 heterocycles. The fraction of sp³-hybridized carbons (Fsp3) is 0.857. The summed E-state index contributed by atoms with van der Waals surface area (Å²) in [6.07, 6.45) is -5.30. The zero-order valence-electron chi connectivity index (χ0n) is 51.3. The summed E-state index contributed by atoms with van der Waals surface area (Å²) in [5, 5.41) is 45.4. The van der Waals surface area contributed by atoms with E-state index in [2.05, 4.69) is 0 Å². The number of carbonyl (C=O) groups excluding carboxylic acids is 8. The Morgan fingerprint density at radius 1 is 0.260 bits per heavy atom. The van der Waals surface area contributed by atoms with Gasteiger partial charge in [-0.05, 0) is 162 Å². The standard InChI is InChI=1S/4C14H26O5.Ti/c4*1-7-14(8-2,13(16)17)11(15)12(18-9(3)4)19-10(5)6;/h4*9-10,12H,7-8H2,1-6H3,(H,16,17);/q;;;;+4/p-4. The number of carboxylic acid groups (broad SMARTS) is 4. The molecule has 0 fully saturated rings. The molecule has 0 aromatic rings. The summed E-state index contributed by atoms with van der Waals surface area (Å²) >= 11 is 0. The minimum absolute atomic E-state index is 0. The van der Waals surface area contributed by atoms with Gasteiger partial charge in [0.25, 0.3) is 0 Å². The molecule has 0 amide bonds. The van der Waals surface area contributed by atoms with Crippen LogP contribution in [0.25, 0.3) is 0 Å². The summed E-state index contributed by atoms with van der Waals surface area (Å²) in [7, 11) is 0. The topological polar surface area (TPSA) is 303 Å². The van der Waals surface area contributed by atoms with E-state index in [9.17, 15) is 58.8 Å². The first-order valence-corrected chi connectivity index (χ1v) is 27.1. The van der Waals surface area contributed by atoms with Gasteiger partial charge in [0, 0.05) is 0 Å². The van der Waals surface area contributed by atoms with Crippen molar-refractivity contribution in [2.75, 3.05) is 0 Å². The summed E-state index contributed by atoms with van der Waals surface area (Å²) in [5.41, 5.74) is -6.19. The third-order valence-corrected chi connectivity index (χ3v) is 12.3. The molecule has 21 heteroatoms. The maximum atomic E-state index is 12.5. The fourth-order valence-electron chi connectivity index (χ4n) is 7.45. The van der Waals surface area contributed by atoms with Crippen LogP contribution in [0.3, 0.4) is 0 Å². The second-order valence-electron chi connectivity index (χ2n) is 20.6. The summed E-state index contributed by atoms with van der Waals surface area (Å²) in [6.45, 7) is 41.5. The van der Waals surface area contributed by atoms with Gasteiger partial charge in [-0.15, -0.1) is 0 Å². The number of carbonyl (C=O) groups is 8. The molecule has 0 saturated carbocycles. The first-order valence-electron chi connectivity index (χ1n) is 27.1. The predicted molar refractivity (Wildman–Crippen MR) is 277 cm³/mol.